The maximum absolute atomic E-state index is 12.3. The summed E-state index contributed by atoms with van der Waals surface area (Å²) in [5.41, 5.74) is 1.67. The second kappa shape index (κ2) is 16.9. The van der Waals surface area contributed by atoms with E-state index in [1.165, 1.54) is 16.7 Å². The minimum absolute atomic E-state index is 0.0777. The van der Waals surface area contributed by atoms with Crippen LogP contribution in [0.15, 0.2) is 60.7 Å². The fourth-order valence-corrected chi connectivity index (χ4v) is 4.83. The summed E-state index contributed by atoms with van der Waals surface area (Å²) < 4.78 is 0. The van der Waals surface area contributed by atoms with Gasteiger partial charge in [-0.2, -0.15) is 0 Å². The first-order valence-electron chi connectivity index (χ1n) is 13.1. The lowest BCUT2D eigenvalue weighted by molar-refractivity contribution is -0.144. The lowest BCUT2D eigenvalue weighted by Crippen LogP contribution is -2.54. The van der Waals surface area contributed by atoms with Gasteiger partial charge >= 0.3 is 23.9 Å². The summed E-state index contributed by atoms with van der Waals surface area (Å²) in [6, 6.07) is 16.9. The fraction of sp³-hybridized carbons (Fsp3) is 0.414. The highest BCUT2D eigenvalue weighted by Crippen LogP contribution is 2.16. The van der Waals surface area contributed by atoms with E-state index in [2.05, 4.69) is 0 Å². The van der Waals surface area contributed by atoms with Gasteiger partial charge in [0, 0.05) is 25.2 Å². The molecule has 0 heterocycles. The molecule has 0 unspecified atom stereocenters. The van der Waals surface area contributed by atoms with E-state index in [1.54, 1.807) is 4.90 Å². The zero-order valence-corrected chi connectivity index (χ0v) is 23.0. The van der Waals surface area contributed by atoms with E-state index >= 15 is 0 Å². The second-order valence-corrected chi connectivity index (χ2v) is 9.97. The molecular formula is C29H37N3O9. The second-order valence-electron chi connectivity index (χ2n) is 9.97. The normalized spacial score (nSPS) is 12.8. The van der Waals surface area contributed by atoms with E-state index in [0.717, 1.165) is 11.1 Å². The van der Waals surface area contributed by atoms with Gasteiger partial charge in [0.15, 0.2) is 0 Å². The minimum atomic E-state index is -1.21. The van der Waals surface area contributed by atoms with Crippen molar-refractivity contribution >= 4 is 29.7 Å². The first-order chi connectivity index (χ1) is 19.4. The molecule has 0 spiro atoms. The van der Waals surface area contributed by atoms with Crippen LogP contribution in [0.1, 0.15) is 18.1 Å². The molecule has 2 atom stereocenters. The monoisotopic (exact) mass is 571 g/mol. The number of carboxylic acids is 4. The van der Waals surface area contributed by atoms with Crippen molar-refractivity contribution < 1.29 is 44.4 Å². The molecule has 0 radical (unpaired) electrons. The molecule has 0 aromatic heterocycles. The largest absolute Gasteiger partial charge is 0.480 e. The van der Waals surface area contributed by atoms with Crippen LogP contribution in [0.3, 0.4) is 0 Å². The quantitative estimate of drug-likeness (QED) is 0.178. The Labute approximate surface area is 238 Å². The Morgan fingerprint density at radius 1 is 0.561 bits per heavy atom. The molecule has 0 aliphatic carbocycles. The third kappa shape index (κ3) is 13.2. The van der Waals surface area contributed by atoms with Crippen LogP contribution in [-0.2, 0) is 36.8 Å². The van der Waals surface area contributed by atoms with Crippen LogP contribution in [-0.4, -0.2) is 123 Å². The first-order valence-corrected chi connectivity index (χ1v) is 13.1. The van der Waals surface area contributed by atoms with E-state index in [0.29, 0.717) is 0 Å². The molecule has 0 aliphatic heterocycles. The summed E-state index contributed by atoms with van der Waals surface area (Å²) in [5.74, 6) is -5.05. The number of carbonyl (C=O) groups excluding carboxylic acids is 1. The lowest BCUT2D eigenvalue weighted by Gasteiger charge is -2.37. The third-order valence-electron chi connectivity index (χ3n) is 6.40. The number of aliphatic carboxylic acids is 4. The lowest BCUT2D eigenvalue weighted by atomic mass is 10.0. The molecule has 2 aromatic carbocycles. The average Bonchev–Trinajstić information content (AvgIpc) is 2.87. The van der Waals surface area contributed by atoms with Crippen LogP contribution in [0.5, 0.6) is 0 Å². The molecule has 0 fully saturated rings. The summed E-state index contributed by atoms with van der Waals surface area (Å²) >= 11 is 0. The zero-order valence-electron chi connectivity index (χ0n) is 23.0. The van der Waals surface area contributed by atoms with Gasteiger partial charge in [-0.1, -0.05) is 60.7 Å². The summed E-state index contributed by atoms with van der Waals surface area (Å²) in [6.07, 6.45) is 0.570. The SMILES string of the molecule is CC(=O)CN(C[C@H](Cc1ccccc1)N(CC(=O)O)CC(=O)O)C[C@H](Cc1ccccc1)N(CC(=O)O)CC(=O)O. The number of rotatable bonds is 20. The van der Waals surface area contributed by atoms with Gasteiger partial charge in [0.05, 0.1) is 32.7 Å². The van der Waals surface area contributed by atoms with Crippen molar-refractivity contribution in [3.05, 3.63) is 71.8 Å². The van der Waals surface area contributed by atoms with Gasteiger partial charge in [-0.15, -0.1) is 0 Å². The Balaban J connectivity index is 2.48. The van der Waals surface area contributed by atoms with Crippen molar-refractivity contribution in [2.75, 3.05) is 45.8 Å². The molecule has 41 heavy (non-hydrogen) atoms. The molecule has 2 aromatic rings. The summed E-state index contributed by atoms with van der Waals surface area (Å²) in [5, 5.41) is 38.1. The Morgan fingerprint density at radius 2 is 0.878 bits per heavy atom. The Hall–Kier alpha value is -4.13. The number of Topliss-reactive ketones (excluding diaryl/α,β-unsaturated/α-hetero) is 1. The van der Waals surface area contributed by atoms with Crippen molar-refractivity contribution in [2.24, 2.45) is 0 Å². The topological polar surface area (TPSA) is 176 Å². The highest BCUT2D eigenvalue weighted by molar-refractivity contribution is 5.77. The van der Waals surface area contributed by atoms with E-state index in [4.69, 9.17) is 0 Å². The van der Waals surface area contributed by atoms with E-state index in [-0.39, 0.29) is 38.3 Å². The van der Waals surface area contributed by atoms with Crippen LogP contribution < -0.4 is 0 Å². The predicted molar refractivity (Wildman–Crippen MR) is 149 cm³/mol. The van der Waals surface area contributed by atoms with Crippen molar-refractivity contribution in [1.82, 2.24) is 14.7 Å². The van der Waals surface area contributed by atoms with Gasteiger partial charge in [0.25, 0.3) is 0 Å². The Bertz CT molecular complexity index is 1050. The molecule has 0 aliphatic rings. The standard InChI is InChI=1S/C29H37N3O9/c1-21(33)14-30(15-24(12-22-8-4-2-5-9-22)31(17-26(34)35)18-27(36)37)16-25(13-23-10-6-3-7-11-23)32(19-28(38)39)20-29(40)41/h2-11,24-25H,12-20H2,1H3,(H,34,35)(H,36,37)(H,38,39)(H,40,41)/t24-,25-/m0/s1. The number of carbonyl (C=O) groups is 5. The number of ketones is 1. The van der Waals surface area contributed by atoms with E-state index in [1.807, 2.05) is 60.7 Å². The highest BCUT2D eigenvalue weighted by atomic mass is 16.4. The molecule has 12 nitrogen and oxygen atoms in total. The van der Waals surface area contributed by atoms with E-state index in [9.17, 15) is 44.4 Å². The molecular weight excluding hydrogens is 534 g/mol. The summed E-state index contributed by atoms with van der Waals surface area (Å²) in [7, 11) is 0. The number of benzene rings is 2. The van der Waals surface area contributed by atoms with Crippen LogP contribution in [0.4, 0.5) is 0 Å². The Kier molecular flexibility index (Phi) is 13.6. The van der Waals surface area contributed by atoms with Crippen LogP contribution in [0, 0.1) is 0 Å². The van der Waals surface area contributed by atoms with Gasteiger partial charge < -0.3 is 20.4 Å². The van der Waals surface area contributed by atoms with Gasteiger partial charge in [-0.3, -0.25) is 38.7 Å². The molecule has 0 amide bonds. The first kappa shape index (κ1) is 33.1. The number of hydrogen-bond acceptors (Lipinski definition) is 8. The summed E-state index contributed by atoms with van der Waals surface area (Å²) in [6.45, 7) is -0.736. The molecule has 0 saturated carbocycles. The smallest absolute Gasteiger partial charge is 0.317 e. The van der Waals surface area contributed by atoms with Gasteiger partial charge in [0.1, 0.15) is 5.78 Å². The van der Waals surface area contributed by atoms with Crippen LogP contribution in [0.25, 0.3) is 0 Å². The minimum Gasteiger partial charge on any atom is -0.480 e. The number of carboxylic acid groups (broad SMARTS) is 4. The van der Waals surface area contributed by atoms with Crippen LogP contribution >= 0.6 is 0 Å². The molecule has 12 heteroatoms. The molecule has 0 bridgehead atoms. The number of nitrogens with zero attached hydrogens (tertiary/aromatic N) is 3. The number of hydrogen-bond donors (Lipinski definition) is 4. The third-order valence-corrected chi connectivity index (χ3v) is 6.40. The van der Waals surface area contributed by atoms with Gasteiger partial charge in [0.2, 0.25) is 0 Å². The molecule has 2 rings (SSSR count). The molecule has 0 saturated heterocycles. The van der Waals surface area contributed by atoms with Crippen LogP contribution in [0.2, 0.25) is 0 Å². The van der Waals surface area contributed by atoms with Gasteiger partial charge in [-0.25, -0.2) is 0 Å². The van der Waals surface area contributed by atoms with Gasteiger partial charge in [-0.05, 0) is 30.9 Å². The molecule has 4 N–H and O–H groups in total. The maximum atomic E-state index is 12.3. The van der Waals surface area contributed by atoms with Crippen molar-refractivity contribution in [1.29, 1.82) is 0 Å². The van der Waals surface area contributed by atoms with E-state index < -0.39 is 62.1 Å². The van der Waals surface area contributed by atoms with Crippen molar-refractivity contribution in [2.45, 2.75) is 31.8 Å². The fourth-order valence-electron chi connectivity index (χ4n) is 4.83. The molecule has 222 valence electrons. The van der Waals surface area contributed by atoms with Crippen molar-refractivity contribution in [3.63, 3.8) is 0 Å². The Morgan fingerprint density at radius 3 is 1.15 bits per heavy atom. The maximum Gasteiger partial charge on any atom is 0.317 e. The zero-order chi connectivity index (χ0) is 30.4. The summed E-state index contributed by atoms with van der Waals surface area (Å²) in [4.78, 5) is 63.4. The predicted octanol–water partition coefficient (Wildman–Crippen LogP) is 1.04. The average molecular weight is 572 g/mol. The highest BCUT2D eigenvalue weighted by Gasteiger charge is 2.30. The van der Waals surface area contributed by atoms with Crippen molar-refractivity contribution in [3.8, 4) is 0 Å².